The first-order chi connectivity index (χ1) is 13.0. The van der Waals surface area contributed by atoms with E-state index in [9.17, 15) is 13.2 Å². The monoisotopic (exact) mass is 413 g/mol. The van der Waals surface area contributed by atoms with Gasteiger partial charge in [-0.3, -0.25) is 4.79 Å². The van der Waals surface area contributed by atoms with Crippen molar-refractivity contribution >= 4 is 27.8 Å². The van der Waals surface area contributed by atoms with Crippen molar-refractivity contribution in [2.24, 2.45) is 0 Å². The van der Waals surface area contributed by atoms with Gasteiger partial charge in [-0.2, -0.15) is 16.5 Å². The first-order valence-electron chi connectivity index (χ1n) is 8.46. The Hall–Kier alpha value is -1.98. The van der Waals surface area contributed by atoms with Crippen LogP contribution in [0.15, 0.2) is 35.2 Å². The molecule has 0 saturated carbocycles. The third-order valence-corrected chi connectivity index (χ3v) is 5.76. The van der Waals surface area contributed by atoms with E-state index in [1.807, 2.05) is 13.2 Å². The Morgan fingerprint density at radius 3 is 2.74 bits per heavy atom. The molecule has 0 aliphatic carbocycles. The Balaban J connectivity index is 2.06. The molecule has 0 aliphatic heterocycles. The van der Waals surface area contributed by atoms with E-state index < -0.39 is 22.0 Å². The van der Waals surface area contributed by atoms with Crippen LogP contribution in [-0.2, 0) is 32.7 Å². The average molecular weight is 414 g/mol. The van der Waals surface area contributed by atoms with E-state index in [4.69, 9.17) is 4.74 Å². The number of nitrogens with zero attached hydrogens (tertiary/aromatic N) is 4. The van der Waals surface area contributed by atoms with E-state index in [1.54, 1.807) is 22.9 Å². The number of thioether (sulfide) groups is 1. The number of aryl methyl sites for hydroxylation is 1. The highest BCUT2D eigenvalue weighted by atomic mass is 32.2. The highest BCUT2D eigenvalue weighted by molar-refractivity contribution is 7.98. The average Bonchev–Trinajstić information content (AvgIpc) is 3.11. The third kappa shape index (κ3) is 6.29. The molecule has 0 saturated heterocycles. The van der Waals surface area contributed by atoms with Crippen molar-refractivity contribution in [3.05, 3.63) is 36.2 Å². The normalized spacial score (nSPS) is 12.7. The molecule has 0 spiro atoms. The lowest BCUT2D eigenvalue weighted by atomic mass is 10.2. The molecule has 1 atom stereocenters. The van der Waals surface area contributed by atoms with Crippen LogP contribution in [0.25, 0.3) is 0 Å². The van der Waals surface area contributed by atoms with Crippen molar-refractivity contribution in [1.29, 1.82) is 0 Å². The van der Waals surface area contributed by atoms with Gasteiger partial charge >= 0.3 is 5.97 Å². The SMILES string of the molecule is CCCn1nnnc1COC(=O)C(CCSC)NS(=O)(=O)c1ccccc1. The van der Waals surface area contributed by atoms with Gasteiger partial charge in [0.2, 0.25) is 10.0 Å². The summed E-state index contributed by atoms with van der Waals surface area (Å²) in [6, 6.07) is 6.92. The second kappa shape index (κ2) is 10.4. The Morgan fingerprint density at radius 2 is 2.07 bits per heavy atom. The number of aromatic nitrogens is 4. The van der Waals surface area contributed by atoms with Crippen molar-refractivity contribution in [2.45, 2.75) is 43.9 Å². The van der Waals surface area contributed by atoms with Crippen molar-refractivity contribution in [3.8, 4) is 0 Å². The Kier molecular flexibility index (Phi) is 8.20. The third-order valence-electron chi connectivity index (χ3n) is 3.63. The zero-order chi connectivity index (χ0) is 19.7. The number of hydrogen-bond donors (Lipinski definition) is 1. The molecule has 9 nitrogen and oxygen atoms in total. The van der Waals surface area contributed by atoms with E-state index in [1.165, 1.54) is 23.9 Å². The smallest absolute Gasteiger partial charge is 0.324 e. The van der Waals surface area contributed by atoms with Crippen molar-refractivity contribution in [2.75, 3.05) is 12.0 Å². The maximum absolute atomic E-state index is 12.5. The molecule has 0 aliphatic rings. The summed E-state index contributed by atoms with van der Waals surface area (Å²) in [5.41, 5.74) is 0. The Bertz CT molecular complexity index is 826. The van der Waals surface area contributed by atoms with Gasteiger partial charge in [0, 0.05) is 6.54 Å². The van der Waals surface area contributed by atoms with Crippen LogP contribution in [0, 0.1) is 0 Å². The number of hydrogen-bond acceptors (Lipinski definition) is 8. The molecule has 148 valence electrons. The summed E-state index contributed by atoms with van der Waals surface area (Å²) >= 11 is 1.52. The van der Waals surface area contributed by atoms with Gasteiger partial charge in [0.25, 0.3) is 0 Å². The van der Waals surface area contributed by atoms with Crippen molar-refractivity contribution < 1.29 is 17.9 Å². The lowest BCUT2D eigenvalue weighted by Gasteiger charge is -2.17. The second-order valence-corrected chi connectivity index (χ2v) is 8.39. The second-order valence-electron chi connectivity index (χ2n) is 5.69. The van der Waals surface area contributed by atoms with Gasteiger partial charge in [-0.1, -0.05) is 25.1 Å². The predicted molar refractivity (Wildman–Crippen MR) is 101 cm³/mol. The predicted octanol–water partition coefficient (Wildman–Crippen LogP) is 1.23. The standard InChI is InChI=1S/C16H23N5O4S2/c1-3-10-21-15(17-19-20-21)12-25-16(22)14(9-11-26-2)18-27(23,24)13-7-5-4-6-8-13/h4-8,14,18H,3,9-12H2,1-2H3. The zero-order valence-electron chi connectivity index (χ0n) is 15.2. The van der Waals surface area contributed by atoms with Crippen LogP contribution in [-0.4, -0.2) is 52.6 Å². The summed E-state index contributed by atoms with van der Waals surface area (Å²) in [7, 11) is -3.83. The van der Waals surface area contributed by atoms with E-state index in [0.29, 0.717) is 24.5 Å². The first kappa shape index (κ1) is 21.3. The molecular formula is C16H23N5O4S2. The van der Waals surface area contributed by atoms with Crippen LogP contribution >= 0.6 is 11.8 Å². The number of nitrogens with one attached hydrogen (secondary N) is 1. The fraction of sp³-hybridized carbons (Fsp3) is 0.500. The van der Waals surface area contributed by atoms with Crippen molar-refractivity contribution in [1.82, 2.24) is 24.9 Å². The number of sulfonamides is 1. The number of ether oxygens (including phenoxy) is 1. The minimum atomic E-state index is -3.83. The van der Waals surface area contributed by atoms with E-state index in [-0.39, 0.29) is 11.5 Å². The molecule has 1 heterocycles. The van der Waals surface area contributed by atoms with E-state index in [0.717, 1.165) is 6.42 Å². The summed E-state index contributed by atoms with van der Waals surface area (Å²) in [6.07, 6.45) is 3.03. The van der Waals surface area contributed by atoms with Gasteiger partial charge in [-0.25, -0.2) is 13.1 Å². The summed E-state index contributed by atoms with van der Waals surface area (Å²) in [6.45, 7) is 2.47. The number of carbonyl (C=O) groups excluding carboxylic acids is 1. The minimum absolute atomic E-state index is 0.0961. The van der Waals surface area contributed by atoms with Gasteiger partial charge < -0.3 is 4.74 Å². The molecule has 1 unspecified atom stereocenters. The van der Waals surface area contributed by atoms with Crippen LogP contribution in [0.4, 0.5) is 0 Å². The molecule has 0 radical (unpaired) electrons. The van der Waals surface area contributed by atoms with Gasteiger partial charge in [0.05, 0.1) is 4.90 Å². The fourth-order valence-electron chi connectivity index (χ4n) is 2.26. The number of carbonyl (C=O) groups is 1. The van der Waals surface area contributed by atoms with E-state index >= 15 is 0 Å². The quantitative estimate of drug-likeness (QED) is 0.547. The first-order valence-corrected chi connectivity index (χ1v) is 11.3. The Labute approximate surface area is 162 Å². The zero-order valence-corrected chi connectivity index (χ0v) is 16.9. The number of tetrazole rings is 1. The summed E-state index contributed by atoms with van der Waals surface area (Å²) in [5.74, 6) is 0.360. The number of rotatable bonds is 11. The largest absolute Gasteiger partial charge is 0.456 e. The molecule has 0 bridgehead atoms. The molecule has 27 heavy (non-hydrogen) atoms. The summed E-state index contributed by atoms with van der Waals surface area (Å²) < 4.78 is 34.3. The topological polar surface area (TPSA) is 116 Å². The van der Waals surface area contributed by atoms with Gasteiger partial charge in [0.1, 0.15) is 6.04 Å². The molecule has 2 aromatic rings. The van der Waals surface area contributed by atoms with Crippen LogP contribution in [0.3, 0.4) is 0 Å². The molecule has 1 N–H and O–H groups in total. The Morgan fingerprint density at radius 1 is 1.33 bits per heavy atom. The minimum Gasteiger partial charge on any atom is -0.456 e. The van der Waals surface area contributed by atoms with Gasteiger partial charge in [0.15, 0.2) is 12.4 Å². The number of benzene rings is 1. The molecular weight excluding hydrogens is 390 g/mol. The molecule has 1 aromatic heterocycles. The van der Waals surface area contributed by atoms with Gasteiger partial charge in [-0.05, 0) is 47.4 Å². The lowest BCUT2D eigenvalue weighted by Crippen LogP contribution is -2.42. The molecule has 0 fully saturated rings. The summed E-state index contributed by atoms with van der Waals surface area (Å²) in [5, 5.41) is 11.2. The highest BCUT2D eigenvalue weighted by Gasteiger charge is 2.27. The molecule has 2 rings (SSSR count). The maximum Gasteiger partial charge on any atom is 0.324 e. The van der Waals surface area contributed by atoms with Crippen LogP contribution < -0.4 is 4.72 Å². The fourth-order valence-corrected chi connectivity index (χ4v) is 3.98. The maximum atomic E-state index is 12.5. The lowest BCUT2D eigenvalue weighted by molar-refractivity contribution is -0.147. The van der Waals surface area contributed by atoms with Crippen LogP contribution in [0.5, 0.6) is 0 Å². The number of esters is 1. The molecule has 1 aromatic carbocycles. The van der Waals surface area contributed by atoms with Crippen molar-refractivity contribution in [3.63, 3.8) is 0 Å². The summed E-state index contributed by atoms with van der Waals surface area (Å²) in [4.78, 5) is 12.6. The van der Waals surface area contributed by atoms with Crippen LogP contribution in [0.2, 0.25) is 0 Å². The van der Waals surface area contributed by atoms with E-state index in [2.05, 4.69) is 20.2 Å². The highest BCUT2D eigenvalue weighted by Crippen LogP contribution is 2.12. The molecule has 0 amide bonds. The van der Waals surface area contributed by atoms with Crippen LogP contribution in [0.1, 0.15) is 25.6 Å². The van der Waals surface area contributed by atoms with Gasteiger partial charge in [-0.15, -0.1) is 5.10 Å². The molecule has 11 heteroatoms.